The van der Waals surface area contributed by atoms with Gasteiger partial charge in [0.2, 0.25) is 0 Å². The first-order valence-corrected chi connectivity index (χ1v) is 9.21. The zero-order chi connectivity index (χ0) is 15.9. The van der Waals surface area contributed by atoms with Gasteiger partial charge in [-0.2, -0.15) is 0 Å². The molecule has 2 N–H and O–H groups in total. The Morgan fingerprint density at radius 3 is 2.50 bits per heavy atom. The van der Waals surface area contributed by atoms with E-state index in [0.29, 0.717) is 6.04 Å². The lowest BCUT2D eigenvalue weighted by Crippen LogP contribution is -2.53. The van der Waals surface area contributed by atoms with Crippen LogP contribution in [0.15, 0.2) is 11.6 Å². The molecule has 0 amide bonds. The van der Waals surface area contributed by atoms with Crippen LogP contribution in [-0.4, -0.2) is 45.9 Å². The maximum absolute atomic E-state index is 5.56. The minimum Gasteiger partial charge on any atom is -0.361 e. The second-order valence-corrected chi connectivity index (χ2v) is 7.07. The standard InChI is InChI=1S/C16H28N4S2/c1-13(2)18-16(22)20-12-6-11-19(20)15(21)17-10-9-14-7-4-3-5-8-14/h7,13H,3-6,8-12H2,1-2H3,(H,17,21)(H,18,22). The van der Waals surface area contributed by atoms with E-state index in [4.69, 9.17) is 24.4 Å². The molecule has 1 aliphatic heterocycles. The van der Waals surface area contributed by atoms with E-state index in [1.807, 2.05) is 0 Å². The molecule has 1 saturated heterocycles. The predicted octanol–water partition coefficient (Wildman–Crippen LogP) is 2.96. The Hall–Kier alpha value is -0.880. The number of nitrogens with one attached hydrogen (secondary N) is 2. The van der Waals surface area contributed by atoms with Crippen LogP contribution in [0.5, 0.6) is 0 Å². The molecule has 4 nitrogen and oxygen atoms in total. The molecule has 22 heavy (non-hydrogen) atoms. The lowest BCUT2D eigenvalue weighted by atomic mass is 9.97. The van der Waals surface area contributed by atoms with Crippen LogP contribution in [-0.2, 0) is 0 Å². The molecular formula is C16H28N4S2. The fourth-order valence-corrected chi connectivity index (χ4v) is 3.63. The van der Waals surface area contributed by atoms with Crippen molar-refractivity contribution in [2.24, 2.45) is 0 Å². The molecule has 0 spiro atoms. The normalized spacial score (nSPS) is 18.4. The Morgan fingerprint density at radius 1 is 1.14 bits per heavy atom. The van der Waals surface area contributed by atoms with E-state index in [1.54, 1.807) is 5.57 Å². The number of allylic oxidation sites excluding steroid dienone is 1. The predicted molar refractivity (Wildman–Crippen MR) is 101 cm³/mol. The van der Waals surface area contributed by atoms with Gasteiger partial charge in [0.1, 0.15) is 0 Å². The van der Waals surface area contributed by atoms with Gasteiger partial charge in [0.15, 0.2) is 10.2 Å². The summed E-state index contributed by atoms with van der Waals surface area (Å²) >= 11 is 11.0. The minimum absolute atomic E-state index is 0.342. The zero-order valence-electron chi connectivity index (χ0n) is 13.7. The van der Waals surface area contributed by atoms with E-state index in [9.17, 15) is 0 Å². The molecule has 0 aromatic carbocycles. The van der Waals surface area contributed by atoms with Gasteiger partial charge >= 0.3 is 0 Å². The van der Waals surface area contributed by atoms with E-state index in [2.05, 4.69) is 40.6 Å². The second-order valence-electron chi connectivity index (χ2n) is 6.29. The SMILES string of the molecule is CC(C)NC(=S)N1CCCN1C(=S)NCCC1=CCCCC1. The highest BCUT2D eigenvalue weighted by Gasteiger charge is 2.26. The fraction of sp³-hybridized carbons (Fsp3) is 0.750. The molecule has 1 heterocycles. The molecule has 0 saturated carbocycles. The molecule has 0 atom stereocenters. The Labute approximate surface area is 145 Å². The molecule has 1 aliphatic carbocycles. The number of rotatable bonds is 4. The highest BCUT2D eigenvalue weighted by molar-refractivity contribution is 7.80. The largest absolute Gasteiger partial charge is 0.361 e. The van der Waals surface area contributed by atoms with E-state index in [0.717, 1.165) is 42.7 Å². The van der Waals surface area contributed by atoms with E-state index in [-0.39, 0.29) is 0 Å². The van der Waals surface area contributed by atoms with Gasteiger partial charge in [-0.15, -0.1) is 0 Å². The molecule has 0 aromatic rings. The van der Waals surface area contributed by atoms with Crippen molar-refractivity contribution < 1.29 is 0 Å². The second kappa shape index (κ2) is 8.67. The Kier molecular flexibility index (Phi) is 6.89. The van der Waals surface area contributed by atoms with Crippen molar-refractivity contribution in [2.45, 2.75) is 58.4 Å². The molecule has 0 aromatic heterocycles. The van der Waals surface area contributed by atoms with Crippen LogP contribution in [0.3, 0.4) is 0 Å². The first-order chi connectivity index (χ1) is 10.6. The molecule has 1 fully saturated rings. The first kappa shape index (κ1) is 17.5. The van der Waals surface area contributed by atoms with Crippen molar-refractivity contribution >= 4 is 34.7 Å². The van der Waals surface area contributed by atoms with Gasteiger partial charge < -0.3 is 10.6 Å². The summed E-state index contributed by atoms with van der Waals surface area (Å²) in [5.74, 6) is 0. The summed E-state index contributed by atoms with van der Waals surface area (Å²) in [5, 5.41) is 12.4. The third kappa shape index (κ3) is 5.09. The number of hydrogen-bond donors (Lipinski definition) is 2. The first-order valence-electron chi connectivity index (χ1n) is 8.39. The van der Waals surface area contributed by atoms with Crippen LogP contribution in [0.2, 0.25) is 0 Å². The Morgan fingerprint density at radius 2 is 1.86 bits per heavy atom. The molecule has 0 unspecified atom stereocenters. The summed E-state index contributed by atoms with van der Waals surface area (Å²) < 4.78 is 0. The maximum atomic E-state index is 5.56. The number of thiocarbonyl (C=S) groups is 2. The average Bonchev–Trinajstić information content (AvgIpc) is 2.97. The average molecular weight is 341 g/mol. The van der Waals surface area contributed by atoms with Crippen LogP contribution in [0, 0.1) is 0 Å². The topological polar surface area (TPSA) is 30.5 Å². The fourth-order valence-electron chi connectivity index (χ4n) is 2.91. The molecule has 0 bridgehead atoms. The highest BCUT2D eigenvalue weighted by atomic mass is 32.1. The van der Waals surface area contributed by atoms with Crippen LogP contribution < -0.4 is 10.6 Å². The highest BCUT2D eigenvalue weighted by Crippen LogP contribution is 2.19. The summed E-state index contributed by atoms with van der Waals surface area (Å²) in [4.78, 5) is 0. The van der Waals surface area contributed by atoms with Gasteiger partial charge in [0, 0.05) is 25.7 Å². The molecule has 2 rings (SSSR count). The van der Waals surface area contributed by atoms with Crippen molar-refractivity contribution in [3.63, 3.8) is 0 Å². The van der Waals surface area contributed by atoms with E-state index >= 15 is 0 Å². The number of hydrogen-bond acceptors (Lipinski definition) is 2. The summed E-state index contributed by atoms with van der Waals surface area (Å²) in [5.41, 5.74) is 1.58. The monoisotopic (exact) mass is 340 g/mol. The smallest absolute Gasteiger partial charge is 0.188 e. The molecule has 0 radical (unpaired) electrons. The minimum atomic E-state index is 0.342. The molecule has 6 heteroatoms. The van der Waals surface area contributed by atoms with Crippen LogP contribution >= 0.6 is 24.4 Å². The van der Waals surface area contributed by atoms with Crippen molar-refractivity contribution in [1.29, 1.82) is 0 Å². The maximum Gasteiger partial charge on any atom is 0.188 e. The van der Waals surface area contributed by atoms with Gasteiger partial charge in [-0.3, -0.25) is 10.0 Å². The summed E-state index contributed by atoms with van der Waals surface area (Å²) in [6.45, 7) is 6.99. The van der Waals surface area contributed by atoms with Gasteiger partial charge in [-0.1, -0.05) is 11.6 Å². The summed E-state index contributed by atoms with van der Waals surface area (Å²) in [6, 6.07) is 0.342. The third-order valence-corrected chi connectivity index (χ3v) is 4.70. The quantitative estimate of drug-likeness (QED) is 0.604. The Balaban J connectivity index is 1.78. The van der Waals surface area contributed by atoms with Crippen molar-refractivity contribution in [3.8, 4) is 0 Å². The molecular weight excluding hydrogens is 312 g/mol. The zero-order valence-corrected chi connectivity index (χ0v) is 15.4. The van der Waals surface area contributed by atoms with Crippen molar-refractivity contribution in [2.75, 3.05) is 19.6 Å². The lowest BCUT2D eigenvalue weighted by Gasteiger charge is -2.33. The van der Waals surface area contributed by atoms with Gasteiger partial charge in [-0.25, -0.2) is 0 Å². The Bertz CT molecular complexity index is 434. The molecule has 2 aliphatic rings. The third-order valence-electron chi connectivity index (χ3n) is 4.02. The van der Waals surface area contributed by atoms with Gasteiger partial charge in [-0.05, 0) is 76.8 Å². The van der Waals surface area contributed by atoms with Crippen LogP contribution in [0.1, 0.15) is 52.4 Å². The van der Waals surface area contributed by atoms with Crippen molar-refractivity contribution in [1.82, 2.24) is 20.7 Å². The molecule has 124 valence electrons. The van der Waals surface area contributed by atoms with Crippen molar-refractivity contribution in [3.05, 3.63) is 11.6 Å². The van der Waals surface area contributed by atoms with E-state index < -0.39 is 0 Å². The van der Waals surface area contributed by atoms with Crippen LogP contribution in [0.25, 0.3) is 0 Å². The summed E-state index contributed by atoms with van der Waals surface area (Å²) in [6.07, 6.45) is 9.78. The lowest BCUT2D eigenvalue weighted by molar-refractivity contribution is 0.201. The van der Waals surface area contributed by atoms with Gasteiger partial charge in [0.05, 0.1) is 0 Å². The van der Waals surface area contributed by atoms with Gasteiger partial charge in [0.25, 0.3) is 0 Å². The summed E-state index contributed by atoms with van der Waals surface area (Å²) in [7, 11) is 0. The van der Waals surface area contributed by atoms with Crippen LogP contribution in [0.4, 0.5) is 0 Å². The number of hydrazine groups is 1. The number of nitrogens with zero attached hydrogens (tertiary/aromatic N) is 2. The van der Waals surface area contributed by atoms with E-state index in [1.165, 1.54) is 25.7 Å².